The topological polar surface area (TPSA) is 144 Å². The molecule has 0 radical (unpaired) electrons. The van der Waals surface area contributed by atoms with Crippen LogP contribution in [0.3, 0.4) is 0 Å². The van der Waals surface area contributed by atoms with Crippen LogP contribution in [0.4, 0.5) is 21.4 Å². The van der Waals surface area contributed by atoms with Gasteiger partial charge in [0, 0.05) is 23.5 Å². The van der Waals surface area contributed by atoms with Gasteiger partial charge in [0.05, 0.1) is 19.6 Å². The molecule has 12 heteroatoms. The van der Waals surface area contributed by atoms with E-state index in [1.807, 2.05) is 24.3 Å². The van der Waals surface area contributed by atoms with Crippen molar-refractivity contribution >= 4 is 55.9 Å². The van der Waals surface area contributed by atoms with Crippen LogP contribution in [-0.4, -0.2) is 21.7 Å². The fraction of sp³-hybridized carbons (Fsp3) is 0.0435. The smallest absolute Gasteiger partial charge is 0.321 e. The van der Waals surface area contributed by atoms with Gasteiger partial charge in [0.15, 0.2) is 0 Å². The van der Waals surface area contributed by atoms with Crippen LogP contribution in [-0.2, 0) is 6.42 Å². The summed E-state index contributed by atoms with van der Waals surface area (Å²) in [6.45, 7) is 0. The highest BCUT2D eigenvalue weighted by atomic mass is 32.1. The highest BCUT2D eigenvalue weighted by Crippen LogP contribution is 2.26. The van der Waals surface area contributed by atoms with Crippen LogP contribution < -0.4 is 10.6 Å². The minimum Gasteiger partial charge on any atom is -0.321 e. The molecule has 0 bridgehead atoms. The highest BCUT2D eigenvalue weighted by molar-refractivity contribution is 7.17. The van der Waals surface area contributed by atoms with E-state index in [4.69, 9.17) is 0 Å². The molecular formula is C23H16N4O6S2. The van der Waals surface area contributed by atoms with Crippen LogP contribution in [0.2, 0.25) is 0 Å². The lowest BCUT2D eigenvalue weighted by atomic mass is 10.0. The first-order chi connectivity index (χ1) is 16.8. The molecule has 2 aromatic carbocycles. The molecule has 2 heterocycles. The Balaban J connectivity index is 1.32. The monoisotopic (exact) mass is 508 g/mol. The number of carbonyl (C=O) groups excluding carboxylic acids is 2. The largest absolute Gasteiger partial charge is 0.324 e. The van der Waals surface area contributed by atoms with Gasteiger partial charge in [0.1, 0.15) is 0 Å². The number of carbonyl (C=O) groups is 2. The zero-order valence-electron chi connectivity index (χ0n) is 17.8. The second-order valence-electron chi connectivity index (χ2n) is 7.27. The molecule has 0 spiro atoms. The van der Waals surface area contributed by atoms with Crippen LogP contribution in [0.1, 0.15) is 30.5 Å². The number of rotatable bonds is 8. The van der Waals surface area contributed by atoms with Gasteiger partial charge in [-0.1, -0.05) is 46.9 Å². The third kappa shape index (κ3) is 5.93. The summed E-state index contributed by atoms with van der Waals surface area (Å²) in [6, 6.07) is 19.9. The van der Waals surface area contributed by atoms with Crippen LogP contribution in [0.5, 0.6) is 0 Å². The molecule has 0 aliphatic rings. The normalized spacial score (nSPS) is 10.5. The van der Waals surface area contributed by atoms with Gasteiger partial charge in [-0.05, 0) is 53.9 Å². The lowest BCUT2D eigenvalue weighted by Crippen LogP contribution is -2.10. The van der Waals surface area contributed by atoms with E-state index >= 15 is 0 Å². The Morgan fingerprint density at radius 3 is 1.31 bits per heavy atom. The van der Waals surface area contributed by atoms with Crippen molar-refractivity contribution in [1.29, 1.82) is 0 Å². The van der Waals surface area contributed by atoms with E-state index in [0.717, 1.165) is 33.8 Å². The SMILES string of the molecule is O=C(Nc1ccc(Cc2ccc(NC(=O)c3ccc([N+](=O)[O-])s3)cc2)cc1)c1ccc([N+](=O)[O-])s1. The molecule has 0 unspecified atom stereocenters. The van der Waals surface area contributed by atoms with Crippen LogP contribution >= 0.6 is 22.7 Å². The molecule has 4 aromatic rings. The number of nitro groups is 2. The van der Waals surface area contributed by atoms with Gasteiger partial charge in [0.25, 0.3) is 11.8 Å². The zero-order chi connectivity index (χ0) is 24.9. The average Bonchev–Trinajstić information content (AvgIpc) is 3.52. The molecular weight excluding hydrogens is 492 g/mol. The first kappa shape index (κ1) is 23.7. The number of hydrogen-bond donors (Lipinski definition) is 2. The average molecular weight is 509 g/mol. The zero-order valence-corrected chi connectivity index (χ0v) is 19.4. The highest BCUT2D eigenvalue weighted by Gasteiger charge is 2.16. The van der Waals surface area contributed by atoms with Crippen molar-refractivity contribution in [3.05, 3.63) is 114 Å². The van der Waals surface area contributed by atoms with Crippen LogP contribution in [0.15, 0.2) is 72.8 Å². The van der Waals surface area contributed by atoms with Crippen molar-refractivity contribution in [2.75, 3.05) is 10.6 Å². The first-order valence-electron chi connectivity index (χ1n) is 10.1. The van der Waals surface area contributed by atoms with Crippen molar-refractivity contribution < 1.29 is 19.4 Å². The summed E-state index contributed by atoms with van der Waals surface area (Å²) in [4.78, 5) is 45.5. The second kappa shape index (κ2) is 10.2. The van der Waals surface area contributed by atoms with E-state index in [-0.39, 0.29) is 19.8 Å². The molecule has 176 valence electrons. The Hall–Kier alpha value is -4.42. The van der Waals surface area contributed by atoms with Crippen molar-refractivity contribution in [3.63, 3.8) is 0 Å². The maximum absolute atomic E-state index is 12.3. The van der Waals surface area contributed by atoms with E-state index in [9.17, 15) is 29.8 Å². The summed E-state index contributed by atoms with van der Waals surface area (Å²) in [7, 11) is 0. The number of amides is 2. The Bertz CT molecular complexity index is 1300. The van der Waals surface area contributed by atoms with E-state index in [2.05, 4.69) is 10.6 Å². The third-order valence-corrected chi connectivity index (χ3v) is 6.89. The van der Waals surface area contributed by atoms with Gasteiger partial charge in [-0.2, -0.15) is 0 Å². The summed E-state index contributed by atoms with van der Waals surface area (Å²) < 4.78 is 0. The second-order valence-corrected chi connectivity index (χ2v) is 9.39. The molecule has 35 heavy (non-hydrogen) atoms. The lowest BCUT2D eigenvalue weighted by molar-refractivity contribution is -0.380. The van der Waals surface area contributed by atoms with Crippen LogP contribution in [0.25, 0.3) is 0 Å². The molecule has 10 nitrogen and oxygen atoms in total. The maximum atomic E-state index is 12.3. The first-order valence-corrected chi connectivity index (χ1v) is 11.7. The number of nitrogens with one attached hydrogen (secondary N) is 2. The predicted molar refractivity (Wildman–Crippen MR) is 134 cm³/mol. The Labute approximate surface area is 206 Å². The van der Waals surface area contributed by atoms with Crippen molar-refractivity contribution in [2.45, 2.75) is 6.42 Å². The van der Waals surface area contributed by atoms with Gasteiger partial charge >= 0.3 is 10.0 Å². The lowest BCUT2D eigenvalue weighted by Gasteiger charge is -2.07. The summed E-state index contributed by atoms with van der Waals surface area (Å²) in [6.07, 6.45) is 0.622. The Kier molecular flexibility index (Phi) is 6.94. The van der Waals surface area contributed by atoms with Gasteiger partial charge in [0.2, 0.25) is 0 Å². The molecule has 0 aliphatic heterocycles. The number of hydrogen-bond acceptors (Lipinski definition) is 8. The van der Waals surface area contributed by atoms with Crippen molar-refractivity contribution in [3.8, 4) is 0 Å². The van der Waals surface area contributed by atoms with Crippen molar-refractivity contribution in [1.82, 2.24) is 0 Å². The standard InChI is InChI=1S/C23H16N4O6S2/c28-22(18-9-11-20(34-18)26(30)31)24-16-5-1-14(2-6-16)13-15-3-7-17(8-4-15)25-23(29)19-10-12-21(35-19)27(32)33/h1-12H,13H2,(H,24,28)(H,25,29). The van der Waals surface area contributed by atoms with E-state index in [1.165, 1.54) is 24.3 Å². The van der Waals surface area contributed by atoms with Gasteiger partial charge in [-0.3, -0.25) is 29.8 Å². The fourth-order valence-electron chi connectivity index (χ4n) is 3.13. The Morgan fingerprint density at radius 1 is 0.629 bits per heavy atom. The summed E-state index contributed by atoms with van der Waals surface area (Å²) >= 11 is 1.63. The third-order valence-electron chi connectivity index (χ3n) is 4.82. The maximum Gasteiger partial charge on any atom is 0.324 e. The van der Waals surface area contributed by atoms with E-state index in [1.54, 1.807) is 24.3 Å². The van der Waals surface area contributed by atoms with Crippen LogP contribution in [0, 0.1) is 20.2 Å². The van der Waals surface area contributed by atoms with Gasteiger partial charge < -0.3 is 10.6 Å². The van der Waals surface area contributed by atoms with E-state index < -0.39 is 21.7 Å². The minimum absolute atomic E-state index is 0.0911. The molecule has 0 atom stereocenters. The summed E-state index contributed by atoms with van der Waals surface area (Å²) in [5, 5.41) is 26.8. The fourth-order valence-corrected chi connectivity index (χ4v) is 4.56. The number of anilines is 2. The summed E-state index contributed by atoms with van der Waals surface area (Å²) in [5.41, 5.74) is 3.14. The molecule has 4 rings (SSSR count). The number of nitrogens with zero attached hydrogens (tertiary/aromatic N) is 2. The molecule has 0 fully saturated rings. The molecule has 2 amide bonds. The quantitative estimate of drug-likeness (QED) is 0.230. The van der Waals surface area contributed by atoms with Gasteiger partial charge in [-0.15, -0.1) is 0 Å². The molecule has 0 saturated carbocycles. The van der Waals surface area contributed by atoms with E-state index in [0.29, 0.717) is 17.8 Å². The molecule has 2 aromatic heterocycles. The Morgan fingerprint density at radius 2 is 1.00 bits per heavy atom. The molecule has 2 N–H and O–H groups in total. The predicted octanol–water partition coefficient (Wildman–Crippen LogP) is 5.72. The minimum atomic E-state index is -0.533. The van der Waals surface area contributed by atoms with Crippen molar-refractivity contribution in [2.24, 2.45) is 0 Å². The molecule has 0 aliphatic carbocycles. The van der Waals surface area contributed by atoms with Gasteiger partial charge in [-0.25, -0.2) is 0 Å². The number of benzene rings is 2. The summed E-state index contributed by atoms with van der Waals surface area (Å²) in [5.74, 6) is -0.823. The molecule has 0 saturated heterocycles. The number of thiophene rings is 2.